The zero-order valence-corrected chi connectivity index (χ0v) is 15.0. The Balaban J connectivity index is 1.92. The van der Waals surface area contributed by atoms with Crippen LogP contribution in [-0.4, -0.2) is 35.7 Å². The Hall–Kier alpha value is -2.54. The summed E-state index contributed by atoms with van der Waals surface area (Å²) in [5, 5.41) is 5.53. The fourth-order valence-electron chi connectivity index (χ4n) is 2.09. The van der Waals surface area contributed by atoms with Crippen LogP contribution in [0.3, 0.4) is 0 Å². The number of benzene rings is 1. The van der Waals surface area contributed by atoms with E-state index in [9.17, 15) is 9.59 Å². The van der Waals surface area contributed by atoms with E-state index in [1.165, 1.54) is 18.7 Å². The molecule has 0 fully saturated rings. The number of thioether (sulfide) groups is 1. The number of aromatic nitrogens is 1. The predicted octanol–water partition coefficient (Wildman–Crippen LogP) is 2.00. The normalized spacial score (nSPS) is 11.4. The lowest BCUT2D eigenvalue weighted by atomic mass is 10.2. The van der Waals surface area contributed by atoms with Gasteiger partial charge in [0.15, 0.2) is 0 Å². The Morgan fingerprint density at radius 2 is 2.00 bits per heavy atom. The predicted molar refractivity (Wildman–Crippen MR) is 97.4 cm³/mol. The minimum atomic E-state index is -0.610. The maximum Gasteiger partial charge on any atom is 0.243 e. The van der Waals surface area contributed by atoms with Crippen LogP contribution in [0.5, 0.6) is 5.75 Å². The van der Waals surface area contributed by atoms with Crippen molar-refractivity contribution < 1.29 is 14.3 Å². The van der Waals surface area contributed by atoms with Crippen molar-refractivity contribution in [1.29, 1.82) is 0 Å². The van der Waals surface area contributed by atoms with Crippen molar-refractivity contribution in [2.45, 2.75) is 24.4 Å². The number of amides is 2. The van der Waals surface area contributed by atoms with Crippen LogP contribution in [-0.2, 0) is 16.1 Å². The summed E-state index contributed by atoms with van der Waals surface area (Å²) in [6.07, 6.45) is 3.37. The smallest absolute Gasteiger partial charge is 0.243 e. The maximum absolute atomic E-state index is 12.4. The van der Waals surface area contributed by atoms with Gasteiger partial charge in [-0.05, 0) is 35.9 Å². The molecule has 2 rings (SSSR count). The summed E-state index contributed by atoms with van der Waals surface area (Å²) in [6, 6.07) is 10.6. The molecule has 0 radical (unpaired) electrons. The van der Waals surface area contributed by atoms with Crippen molar-refractivity contribution in [2.24, 2.45) is 0 Å². The number of pyridine rings is 1. The minimum absolute atomic E-state index is 0.222. The molecular formula is C18H21N3O3S. The van der Waals surface area contributed by atoms with Gasteiger partial charge in [0.05, 0.1) is 7.11 Å². The first-order chi connectivity index (χ1) is 12.1. The van der Waals surface area contributed by atoms with E-state index in [0.29, 0.717) is 12.3 Å². The maximum atomic E-state index is 12.4. The van der Waals surface area contributed by atoms with Gasteiger partial charge in [-0.25, -0.2) is 0 Å². The molecule has 1 aromatic heterocycles. The van der Waals surface area contributed by atoms with E-state index in [1.54, 1.807) is 19.5 Å². The van der Waals surface area contributed by atoms with Crippen molar-refractivity contribution in [2.75, 3.05) is 12.9 Å². The highest BCUT2D eigenvalue weighted by Crippen LogP contribution is 2.22. The number of nitrogens with zero attached hydrogens (tertiary/aromatic N) is 1. The van der Waals surface area contributed by atoms with Gasteiger partial charge >= 0.3 is 0 Å². The zero-order chi connectivity index (χ0) is 18.1. The van der Waals surface area contributed by atoms with E-state index in [1.807, 2.05) is 36.4 Å². The van der Waals surface area contributed by atoms with Crippen LogP contribution in [0.25, 0.3) is 0 Å². The molecule has 1 atom stereocenters. The summed E-state index contributed by atoms with van der Waals surface area (Å²) in [7, 11) is 1.61. The summed E-state index contributed by atoms with van der Waals surface area (Å²) < 4.78 is 5.12. The molecule has 0 aliphatic rings. The lowest BCUT2D eigenvalue weighted by Crippen LogP contribution is -2.47. The monoisotopic (exact) mass is 359 g/mol. The summed E-state index contributed by atoms with van der Waals surface area (Å²) in [5.41, 5.74) is 0.903. The summed E-state index contributed by atoms with van der Waals surface area (Å²) in [5.74, 6) is 0.749. The third-order valence-electron chi connectivity index (χ3n) is 3.36. The van der Waals surface area contributed by atoms with Crippen molar-refractivity contribution in [3.63, 3.8) is 0 Å². The van der Waals surface area contributed by atoms with Gasteiger partial charge in [-0.3, -0.25) is 14.6 Å². The number of ether oxygens (including phenoxy) is 1. The van der Waals surface area contributed by atoms with E-state index in [4.69, 9.17) is 4.74 Å². The number of hydrogen-bond donors (Lipinski definition) is 2. The first kappa shape index (κ1) is 18.8. The van der Waals surface area contributed by atoms with Crippen LogP contribution >= 0.6 is 11.8 Å². The van der Waals surface area contributed by atoms with Crippen molar-refractivity contribution in [3.8, 4) is 5.75 Å². The van der Waals surface area contributed by atoms with E-state index in [-0.39, 0.29) is 11.8 Å². The molecule has 6 nitrogen and oxygen atoms in total. The molecule has 1 unspecified atom stereocenters. The number of methoxy groups -OCH3 is 1. The molecule has 0 bridgehead atoms. The summed E-state index contributed by atoms with van der Waals surface area (Å²) >= 11 is 1.50. The number of carbonyl (C=O) groups excluding carboxylic acids is 2. The number of carbonyl (C=O) groups is 2. The standard InChI is InChI=1S/C18H21N3O3S/c1-13(22)21-17(12-25-16-7-5-15(24-2)6-8-16)18(23)20-11-14-4-3-9-19-10-14/h3-10,17H,11-12H2,1-2H3,(H,20,23)(H,21,22). The SMILES string of the molecule is COc1ccc(SCC(NC(C)=O)C(=O)NCc2cccnc2)cc1. The van der Waals surface area contributed by atoms with Crippen molar-refractivity contribution >= 4 is 23.6 Å². The largest absolute Gasteiger partial charge is 0.497 e. The Morgan fingerprint density at radius 3 is 2.60 bits per heavy atom. The average molecular weight is 359 g/mol. The average Bonchev–Trinajstić information content (AvgIpc) is 2.64. The van der Waals surface area contributed by atoms with Gasteiger partial charge in [0.1, 0.15) is 11.8 Å². The molecule has 132 valence electrons. The second-order valence-corrected chi connectivity index (χ2v) is 6.41. The topological polar surface area (TPSA) is 80.3 Å². The molecule has 0 saturated heterocycles. The molecule has 0 aliphatic carbocycles. The van der Waals surface area contributed by atoms with Gasteiger partial charge in [-0.2, -0.15) is 0 Å². The summed E-state index contributed by atoms with van der Waals surface area (Å²) in [6.45, 7) is 1.77. The highest BCUT2D eigenvalue weighted by atomic mass is 32.2. The van der Waals surface area contributed by atoms with Crippen molar-refractivity contribution in [1.82, 2.24) is 15.6 Å². The molecule has 0 spiro atoms. The van der Waals surface area contributed by atoms with E-state index in [0.717, 1.165) is 16.2 Å². The highest BCUT2D eigenvalue weighted by Gasteiger charge is 2.19. The molecule has 1 heterocycles. The van der Waals surface area contributed by atoms with E-state index in [2.05, 4.69) is 15.6 Å². The van der Waals surface area contributed by atoms with Gasteiger partial charge in [0, 0.05) is 36.5 Å². The minimum Gasteiger partial charge on any atom is -0.497 e. The first-order valence-electron chi connectivity index (χ1n) is 7.79. The van der Waals surface area contributed by atoms with Crippen LogP contribution in [0.15, 0.2) is 53.7 Å². The Kier molecular flexibility index (Phi) is 7.28. The number of rotatable bonds is 8. The van der Waals surface area contributed by atoms with Gasteiger partial charge in [-0.1, -0.05) is 6.07 Å². The first-order valence-corrected chi connectivity index (χ1v) is 8.77. The van der Waals surface area contributed by atoms with Crippen LogP contribution in [0.4, 0.5) is 0 Å². The number of hydrogen-bond acceptors (Lipinski definition) is 5. The van der Waals surface area contributed by atoms with Gasteiger partial charge in [-0.15, -0.1) is 11.8 Å². The molecule has 2 aromatic rings. The lowest BCUT2D eigenvalue weighted by Gasteiger charge is -2.17. The van der Waals surface area contributed by atoms with Crippen LogP contribution in [0, 0.1) is 0 Å². The van der Waals surface area contributed by atoms with Gasteiger partial charge in [0.2, 0.25) is 11.8 Å². The molecule has 0 saturated carbocycles. The molecule has 7 heteroatoms. The van der Waals surface area contributed by atoms with Gasteiger partial charge < -0.3 is 15.4 Å². The number of nitrogens with one attached hydrogen (secondary N) is 2. The molecule has 2 amide bonds. The lowest BCUT2D eigenvalue weighted by molar-refractivity contribution is -0.127. The second-order valence-electron chi connectivity index (χ2n) is 5.32. The van der Waals surface area contributed by atoms with Crippen LogP contribution in [0.1, 0.15) is 12.5 Å². The molecule has 2 N–H and O–H groups in total. The van der Waals surface area contributed by atoms with Crippen LogP contribution < -0.4 is 15.4 Å². The molecule has 25 heavy (non-hydrogen) atoms. The third-order valence-corrected chi connectivity index (χ3v) is 4.47. The quantitative estimate of drug-likeness (QED) is 0.705. The summed E-state index contributed by atoms with van der Waals surface area (Å²) in [4.78, 5) is 28.8. The Labute approximate surface area is 151 Å². The molecule has 1 aromatic carbocycles. The molecular weight excluding hydrogens is 338 g/mol. The van der Waals surface area contributed by atoms with Crippen LogP contribution in [0.2, 0.25) is 0 Å². The third kappa shape index (κ3) is 6.46. The van der Waals surface area contributed by atoms with E-state index < -0.39 is 6.04 Å². The molecule has 0 aliphatic heterocycles. The van der Waals surface area contributed by atoms with E-state index >= 15 is 0 Å². The second kappa shape index (κ2) is 9.68. The zero-order valence-electron chi connectivity index (χ0n) is 14.2. The highest BCUT2D eigenvalue weighted by molar-refractivity contribution is 7.99. The Bertz CT molecular complexity index is 692. The fraction of sp³-hybridized carbons (Fsp3) is 0.278. The Morgan fingerprint density at radius 1 is 1.24 bits per heavy atom. The fourth-order valence-corrected chi connectivity index (χ4v) is 3.02. The van der Waals surface area contributed by atoms with Crippen molar-refractivity contribution in [3.05, 3.63) is 54.4 Å². The van der Waals surface area contributed by atoms with Gasteiger partial charge in [0.25, 0.3) is 0 Å².